The van der Waals surface area contributed by atoms with Crippen molar-refractivity contribution >= 4 is 33.4 Å². The first-order valence-electron chi connectivity index (χ1n) is 9.74. The molecular formula is C23H24BrNO5. The van der Waals surface area contributed by atoms with Crippen molar-refractivity contribution in [2.45, 2.75) is 19.4 Å². The molecule has 1 saturated heterocycles. The van der Waals surface area contributed by atoms with E-state index in [4.69, 9.17) is 9.47 Å². The van der Waals surface area contributed by atoms with E-state index in [9.17, 15) is 14.7 Å². The number of benzene rings is 2. The maximum atomic E-state index is 12.9. The van der Waals surface area contributed by atoms with Crippen molar-refractivity contribution in [1.29, 1.82) is 0 Å². The quantitative estimate of drug-likeness (QED) is 0.267. The topological polar surface area (TPSA) is 76.1 Å². The van der Waals surface area contributed by atoms with Gasteiger partial charge < -0.3 is 19.5 Å². The number of hydrogen-bond donors (Lipinski definition) is 1. The standard InChI is InChI=1S/C23H24BrNO5/c1-3-30-18-11-7-16(8-12-18)21(26)19-20(15-5-9-17(24)10-6-15)25(13-4-14-29-2)23(28)22(19)27/h5-12,20,26H,3-4,13-14H2,1-2H3/t20-/m1/s1. The molecule has 0 aliphatic carbocycles. The van der Waals surface area contributed by atoms with E-state index in [1.807, 2.05) is 31.2 Å². The fourth-order valence-corrected chi connectivity index (χ4v) is 3.78. The lowest BCUT2D eigenvalue weighted by Crippen LogP contribution is -2.31. The number of Topliss-reactive ketones (excluding diaryl/α,β-unsaturated/α-hetero) is 1. The molecule has 1 aliphatic rings. The summed E-state index contributed by atoms with van der Waals surface area (Å²) in [5.74, 6) is -0.838. The SMILES string of the molecule is CCOc1ccc(C(O)=C2C(=O)C(=O)N(CCCOC)[C@@H]2c2ccc(Br)cc2)cc1. The van der Waals surface area contributed by atoms with Crippen molar-refractivity contribution < 1.29 is 24.2 Å². The second-order valence-electron chi connectivity index (χ2n) is 6.85. The summed E-state index contributed by atoms with van der Waals surface area (Å²) in [6.07, 6.45) is 0.583. The molecule has 1 aliphatic heterocycles. The second kappa shape index (κ2) is 9.91. The van der Waals surface area contributed by atoms with Crippen LogP contribution in [0.3, 0.4) is 0 Å². The summed E-state index contributed by atoms with van der Waals surface area (Å²) in [7, 11) is 1.59. The van der Waals surface area contributed by atoms with E-state index in [0.717, 1.165) is 10.0 Å². The lowest BCUT2D eigenvalue weighted by molar-refractivity contribution is -0.140. The normalized spacial score (nSPS) is 18.1. The number of likely N-dealkylation sites (tertiary alicyclic amines) is 1. The Labute approximate surface area is 184 Å². The van der Waals surface area contributed by atoms with E-state index < -0.39 is 17.7 Å². The van der Waals surface area contributed by atoms with Crippen LogP contribution in [0.25, 0.3) is 5.76 Å². The van der Waals surface area contributed by atoms with Gasteiger partial charge in [0.25, 0.3) is 11.7 Å². The van der Waals surface area contributed by atoms with Gasteiger partial charge in [-0.2, -0.15) is 0 Å². The summed E-state index contributed by atoms with van der Waals surface area (Å²) >= 11 is 3.41. The molecule has 0 unspecified atom stereocenters. The molecule has 1 heterocycles. The molecule has 158 valence electrons. The fraction of sp³-hybridized carbons (Fsp3) is 0.304. The molecule has 0 aromatic heterocycles. The third kappa shape index (κ3) is 4.57. The number of methoxy groups -OCH3 is 1. The Kier molecular flexibility index (Phi) is 7.29. The third-order valence-corrected chi connectivity index (χ3v) is 5.44. The van der Waals surface area contributed by atoms with Crippen LogP contribution in [0, 0.1) is 0 Å². The smallest absolute Gasteiger partial charge is 0.295 e. The van der Waals surface area contributed by atoms with Crippen molar-refractivity contribution in [3.8, 4) is 5.75 Å². The lowest BCUT2D eigenvalue weighted by atomic mass is 9.95. The second-order valence-corrected chi connectivity index (χ2v) is 7.76. The van der Waals surface area contributed by atoms with Gasteiger partial charge in [-0.15, -0.1) is 0 Å². The highest BCUT2D eigenvalue weighted by molar-refractivity contribution is 9.10. The molecule has 0 spiro atoms. The number of aliphatic hydroxyl groups is 1. The first-order valence-corrected chi connectivity index (χ1v) is 10.5. The van der Waals surface area contributed by atoms with Crippen LogP contribution < -0.4 is 4.74 Å². The van der Waals surface area contributed by atoms with Crippen LogP contribution >= 0.6 is 15.9 Å². The van der Waals surface area contributed by atoms with E-state index in [2.05, 4.69) is 15.9 Å². The van der Waals surface area contributed by atoms with Crippen LogP contribution in [-0.2, 0) is 14.3 Å². The maximum Gasteiger partial charge on any atom is 0.295 e. The fourth-order valence-electron chi connectivity index (χ4n) is 3.51. The van der Waals surface area contributed by atoms with Gasteiger partial charge in [0.15, 0.2) is 0 Å². The number of carbonyl (C=O) groups is 2. The molecule has 3 rings (SSSR count). The van der Waals surface area contributed by atoms with Gasteiger partial charge in [0.1, 0.15) is 11.5 Å². The van der Waals surface area contributed by atoms with Crippen LogP contribution in [0.1, 0.15) is 30.5 Å². The number of rotatable bonds is 8. The first-order chi connectivity index (χ1) is 14.5. The highest BCUT2D eigenvalue weighted by Crippen LogP contribution is 2.39. The number of amides is 1. The molecule has 1 atom stereocenters. The van der Waals surface area contributed by atoms with Gasteiger partial charge in [0.2, 0.25) is 0 Å². The minimum absolute atomic E-state index is 0.0869. The van der Waals surface area contributed by atoms with Gasteiger partial charge in [0, 0.05) is 30.3 Å². The van der Waals surface area contributed by atoms with Crippen LogP contribution in [0.15, 0.2) is 58.6 Å². The van der Waals surface area contributed by atoms with Gasteiger partial charge in [-0.3, -0.25) is 9.59 Å². The van der Waals surface area contributed by atoms with Gasteiger partial charge >= 0.3 is 0 Å². The van der Waals surface area contributed by atoms with Crippen molar-refractivity contribution in [2.24, 2.45) is 0 Å². The Bertz CT molecular complexity index is 937. The van der Waals surface area contributed by atoms with Crippen LogP contribution in [0.2, 0.25) is 0 Å². The summed E-state index contributed by atoms with van der Waals surface area (Å²) in [5, 5.41) is 11.0. The molecule has 1 fully saturated rings. The molecule has 6 nitrogen and oxygen atoms in total. The average molecular weight is 474 g/mol. The summed E-state index contributed by atoms with van der Waals surface area (Å²) < 4.78 is 11.4. The summed E-state index contributed by atoms with van der Waals surface area (Å²) in [4.78, 5) is 27.2. The van der Waals surface area contributed by atoms with Crippen LogP contribution in [0.5, 0.6) is 5.75 Å². The molecule has 7 heteroatoms. The van der Waals surface area contributed by atoms with E-state index in [-0.39, 0.29) is 11.3 Å². The Morgan fingerprint density at radius 2 is 1.77 bits per heavy atom. The van der Waals surface area contributed by atoms with E-state index in [1.54, 1.807) is 31.4 Å². The molecule has 2 aromatic carbocycles. The lowest BCUT2D eigenvalue weighted by Gasteiger charge is -2.25. The number of carbonyl (C=O) groups excluding carboxylic acids is 2. The number of ketones is 1. The molecular weight excluding hydrogens is 450 g/mol. The van der Waals surface area contributed by atoms with E-state index in [1.165, 1.54) is 4.90 Å². The van der Waals surface area contributed by atoms with Crippen molar-refractivity contribution in [1.82, 2.24) is 4.90 Å². The zero-order valence-corrected chi connectivity index (χ0v) is 18.5. The molecule has 1 N–H and O–H groups in total. The third-order valence-electron chi connectivity index (χ3n) is 4.91. The Morgan fingerprint density at radius 1 is 1.10 bits per heavy atom. The number of halogens is 1. The minimum Gasteiger partial charge on any atom is -0.507 e. The number of hydrogen-bond acceptors (Lipinski definition) is 5. The summed E-state index contributed by atoms with van der Waals surface area (Å²) in [6, 6.07) is 13.5. The van der Waals surface area contributed by atoms with Crippen LogP contribution in [-0.4, -0.2) is 48.6 Å². The Balaban J connectivity index is 2.06. The minimum atomic E-state index is -0.688. The van der Waals surface area contributed by atoms with Crippen molar-refractivity contribution in [2.75, 3.05) is 26.9 Å². The predicted molar refractivity (Wildman–Crippen MR) is 117 cm³/mol. The molecule has 0 radical (unpaired) electrons. The molecule has 2 aromatic rings. The largest absolute Gasteiger partial charge is 0.507 e. The summed E-state index contributed by atoms with van der Waals surface area (Å²) in [6.45, 7) is 3.23. The highest BCUT2D eigenvalue weighted by Gasteiger charge is 2.45. The maximum absolute atomic E-state index is 12.9. The number of nitrogens with zero attached hydrogens (tertiary/aromatic N) is 1. The average Bonchev–Trinajstić information content (AvgIpc) is 3.00. The number of ether oxygens (including phenoxy) is 2. The molecule has 0 saturated carbocycles. The summed E-state index contributed by atoms with van der Waals surface area (Å²) in [5.41, 5.74) is 1.29. The predicted octanol–water partition coefficient (Wildman–Crippen LogP) is 4.31. The Hall–Kier alpha value is -2.64. The van der Waals surface area contributed by atoms with Crippen molar-refractivity contribution in [3.05, 3.63) is 69.7 Å². The van der Waals surface area contributed by atoms with E-state index in [0.29, 0.717) is 37.5 Å². The monoisotopic (exact) mass is 473 g/mol. The van der Waals surface area contributed by atoms with Gasteiger partial charge in [0.05, 0.1) is 18.2 Å². The molecule has 30 heavy (non-hydrogen) atoms. The van der Waals surface area contributed by atoms with Gasteiger partial charge in [-0.1, -0.05) is 28.1 Å². The van der Waals surface area contributed by atoms with Crippen LogP contribution in [0.4, 0.5) is 0 Å². The zero-order valence-electron chi connectivity index (χ0n) is 16.9. The zero-order chi connectivity index (χ0) is 21.7. The number of aliphatic hydroxyl groups excluding tert-OH is 1. The highest BCUT2D eigenvalue weighted by atomic mass is 79.9. The molecule has 0 bridgehead atoms. The van der Waals surface area contributed by atoms with Gasteiger partial charge in [-0.25, -0.2) is 0 Å². The van der Waals surface area contributed by atoms with E-state index >= 15 is 0 Å². The van der Waals surface area contributed by atoms with Gasteiger partial charge in [-0.05, 0) is 55.3 Å². The molecule has 1 amide bonds. The Morgan fingerprint density at radius 3 is 2.37 bits per heavy atom. The van der Waals surface area contributed by atoms with Crippen molar-refractivity contribution in [3.63, 3.8) is 0 Å². The first kappa shape index (κ1) is 22.1.